The first-order valence-corrected chi connectivity index (χ1v) is 5.53. The maximum absolute atomic E-state index is 10.8. The van der Waals surface area contributed by atoms with Gasteiger partial charge in [0, 0.05) is 25.2 Å². The summed E-state index contributed by atoms with van der Waals surface area (Å²) in [5, 5.41) is 8.89. The van der Waals surface area contributed by atoms with E-state index in [1.807, 2.05) is 19.0 Å². The fourth-order valence-corrected chi connectivity index (χ4v) is 2.12. The maximum atomic E-state index is 10.8. The number of carboxylic acid groups (broad SMARTS) is 1. The molecule has 0 aromatic heterocycles. The Labute approximate surface area is 95.7 Å². The molecule has 1 aromatic rings. The van der Waals surface area contributed by atoms with Gasteiger partial charge in [0.05, 0.1) is 6.42 Å². The molecule has 0 saturated heterocycles. The van der Waals surface area contributed by atoms with Crippen molar-refractivity contribution in [3.8, 4) is 0 Å². The van der Waals surface area contributed by atoms with E-state index in [9.17, 15) is 4.79 Å². The standard InChI is InChI=1S/C13H17NO2/c1-14(2)11-5-3-10(4-6-11)13(7-8-13)9-12(15)16/h3-6H,7-9H2,1-2H3,(H,15,16). The number of hydrogen-bond acceptors (Lipinski definition) is 2. The van der Waals surface area contributed by atoms with Crippen LogP contribution in [-0.4, -0.2) is 25.2 Å². The van der Waals surface area contributed by atoms with Gasteiger partial charge in [-0.2, -0.15) is 0 Å². The van der Waals surface area contributed by atoms with Gasteiger partial charge in [0.15, 0.2) is 0 Å². The molecule has 1 aliphatic carbocycles. The summed E-state index contributed by atoms with van der Waals surface area (Å²) in [6.45, 7) is 0. The van der Waals surface area contributed by atoms with Gasteiger partial charge >= 0.3 is 5.97 Å². The Morgan fingerprint density at radius 1 is 1.31 bits per heavy atom. The minimum Gasteiger partial charge on any atom is -0.481 e. The zero-order valence-electron chi connectivity index (χ0n) is 9.73. The van der Waals surface area contributed by atoms with Crippen LogP contribution in [0.15, 0.2) is 24.3 Å². The van der Waals surface area contributed by atoms with Crippen LogP contribution < -0.4 is 4.90 Å². The molecule has 16 heavy (non-hydrogen) atoms. The fraction of sp³-hybridized carbons (Fsp3) is 0.462. The van der Waals surface area contributed by atoms with Crippen LogP contribution in [0.4, 0.5) is 5.69 Å². The van der Waals surface area contributed by atoms with Crippen LogP contribution in [0.5, 0.6) is 0 Å². The second-order valence-corrected chi connectivity index (χ2v) is 4.79. The van der Waals surface area contributed by atoms with Crippen LogP contribution in [-0.2, 0) is 10.2 Å². The number of carboxylic acids is 1. The fourth-order valence-electron chi connectivity index (χ4n) is 2.12. The Kier molecular flexibility index (Phi) is 2.62. The average Bonchev–Trinajstić information content (AvgIpc) is 2.98. The third kappa shape index (κ3) is 2.03. The van der Waals surface area contributed by atoms with Gasteiger partial charge in [-0.3, -0.25) is 4.79 Å². The third-order valence-electron chi connectivity index (χ3n) is 3.34. The number of aliphatic carboxylic acids is 1. The second kappa shape index (κ2) is 3.81. The summed E-state index contributed by atoms with van der Waals surface area (Å²) in [7, 11) is 4.00. The van der Waals surface area contributed by atoms with Crippen molar-refractivity contribution >= 4 is 11.7 Å². The average molecular weight is 219 g/mol. The minimum atomic E-state index is -0.700. The van der Waals surface area contributed by atoms with Crippen LogP contribution >= 0.6 is 0 Å². The van der Waals surface area contributed by atoms with Gasteiger partial charge in [0.2, 0.25) is 0 Å². The number of rotatable bonds is 4. The Morgan fingerprint density at radius 3 is 2.25 bits per heavy atom. The molecule has 1 aromatic carbocycles. The van der Waals surface area contributed by atoms with E-state index in [-0.39, 0.29) is 11.8 Å². The second-order valence-electron chi connectivity index (χ2n) is 4.79. The predicted octanol–water partition coefficient (Wildman–Crippen LogP) is 2.26. The summed E-state index contributed by atoms with van der Waals surface area (Å²) in [6.07, 6.45) is 2.26. The van der Waals surface area contributed by atoms with E-state index < -0.39 is 5.97 Å². The van der Waals surface area contributed by atoms with Crippen LogP contribution in [0.3, 0.4) is 0 Å². The molecule has 1 fully saturated rings. The summed E-state index contributed by atoms with van der Waals surface area (Å²) in [4.78, 5) is 12.8. The molecule has 86 valence electrons. The number of anilines is 1. The van der Waals surface area contributed by atoms with Gasteiger partial charge < -0.3 is 10.0 Å². The number of nitrogens with zero attached hydrogens (tertiary/aromatic N) is 1. The molecule has 2 rings (SSSR count). The highest BCUT2D eigenvalue weighted by Crippen LogP contribution is 2.51. The molecular formula is C13H17NO2. The quantitative estimate of drug-likeness (QED) is 0.844. The molecule has 0 radical (unpaired) electrons. The van der Waals surface area contributed by atoms with E-state index in [2.05, 4.69) is 24.3 Å². The monoisotopic (exact) mass is 219 g/mol. The first-order chi connectivity index (χ1) is 7.53. The largest absolute Gasteiger partial charge is 0.481 e. The van der Waals surface area contributed by atoms with Crippen molar-refractivity contribution in [2.45, 2.75) is 24.7 Å². The van der Waals surface area contributed by atoms with Gasteiger partial charge in [-0.25, -0.2) is 0 Å². The van der Waals surface area contributed by atoms with Crippen molar-refractivity contribution in [2.75, 3.05) is 19.0 Å². The van der Waals surface area contributed by atoms with Crippen molar-refractivity contribution in [3.05, 3.63) is 29.8 Å². The van der Waals surface area contributed by atoms with Gasteiger partial charge in [0.1, 0.15) is 0 Å². The zero-order valence-corrected chi connectivity index (χ0v) is 9.73. The van der Waals surface area contributed by atoms with Crippen molar-refractivity contribution < 1.29 is 9.90 Å². The molecule has 1 saturated carbocycles. The summed E-state index contributed by atoms with van der Waals surface area (Å²) in [5.74, 6) is -0.700. The predicted molar refractivity (Wildman–Crippen MR) is 63.9 cm³/mol. The summed E-state index contributed by atoms with van der Waals surface area (Å²) in [6, 6.07) is 8.23. The van der Waals surface area contributed by atoms with Crippen LogP contribution in [0, 0.1) is 0 Å². The van der Waals surface area contributed by atoms with Gasteiger partial charge in [-0.05, 0) is 30.5 Å². The highest BCUT2D eigenvalue weighted by atomic mass is 16.4. The van der Waals surface area contributed by atoms with Gasteiger partial charge in [0.25, 0.3) is 0 Å². The van der Waals surface area contributed by atoms with Crippen LogP contribution in [0.1, 0.15) is 24.8 Å². The Balaban J connectivity index is 2.19. The van der Waals surface area contributed by atoms with E-state index in [1.54, 1.807) is 0 Å². The van der Waals surface area contributed by atoms with E-state index in [0.717, 1.165) is 18.5 Å². The lowest BCUT2D eigenvalue weighted by atomic mass is 9.92. The van der Waals surface area contributed by atoms with Crippen LogP contribution in [0.25, 0.3) is 0 Å². The molecule has 0 amide bonds. The summed E-state index contributed by atoms with van der Waals surface area (Å²) >= 11 is 0. The highest BCUT2D eigenvalue weighted by molar-refractivity contribution is 5.70. The minimum absolute atomic E-state index is 0.0727. The molecule has 3 heteroatoms. The smallest absolute Gasteiger partial charge is 0.304 e. The lowest BCUT2D eigenvalue weighted by Crippen LogP contribution is -2.13. The summed E-state index contributed by atoms with van der Waals surface area (Å²) < 4.78 is 0. The maximum Gasteiger partial charge on any atom is 0.304 e. The molecule has 0 heterocycles. The third-order valence-corrected chi connectivity index (χ3v) is 3.34. The normalized spacial score (nSPS) is 16.9. The van der Waals surface area contributed by atoms with Crippen molar-refractivity contribution in [1.82, 2.24) is 0 Å². The Hall–Kier alpha value is -1.51. The number of hydrogen-bond donors (Lipinski definition) is 1. The van der Waals surface area contributed by atoms with Crippen molar-refractivity contribution in [1.29, 1.82) is 0 Å². The Morgan fingerprint density at radius 2 is 1.88 bits per heavy atom. The SMILES string of the molecule is CN(C)c1ccc(C2(CC(=O)O)CC2)cc1. The zero-order chi connectivity index (χ0) is 11.8. The Bertz CT molecular complexity index is 391. The van der Waals surface area contributed by atoms with Gasteiger partial charge in [-0.15, -0.1) is 0 Å². The number of benzene rings is 1. The first-order valence-electron chi connectivity index (χ1n) is 5.53. The molecule has 1 N–H and O–H groups in total. The van der Waals surface area contributed by atoms with E-state index in [0.29, 0.717) is 0 Å². The molecule has 0 spiro atoms. The van der Waals surface area contributed by atoms with E-state index >= 15 is 0 Å². The molecular weight excluding hydrogens is 202 g/mol. The summed E-state index contributed by atoms with van der Waals surface area (Å²) in [5.41, 5.74) is 2.24. The molecule has 3 nitrogen and oxygen atoms in total. The first kappa shape index (κ1) is 11.0. The number of carbonyl (C=O) groups is 1. The lowest BCUT2D eigenvalue weighted by molar-refractivity contribution is -0.137. The van der Waals surface area contributed by atoms with E-state index in [4.69, 9.17) is 5.11 Å². The lowest BCUT2D eigenvalue weighted by Gasteiger charge is -2.16. The topological polar surface area (TPSA) is 40.5 Å². The van der Waals surface area contributed by atoms with Crippen molar-refractivity contribution in [3.63, 3.8) is 0 Å². The highest BCUT2D eigenvalue weighted by Gasteiger charge is 2.45. The molecule has 1 aliphatic rings. The van der Waals surface area contributed by atoms with E-state index in [1.165, 1.54) is 5.56 Å². The molecule has 0 atom stereocenters. The van der Waals surface area contributed by atoms with Crippen LogP contribution in [0.2, 0.25) is 0 Å². The molecule has 0 bridgehead atoms. The molecule has 0 unspecified atom stereocenters. The van der Waals surface area contributed by atoms with Crippen molar-refractivity contribution in [2.24, 2.45) is 0 Å². The van der Waals surface area contributed by atoms with Gasteiger partial charge in [-0.1, -0.05) is 12.1 Å². The molecule has 0 aliphatic heterocycles.